The SMILES string of the molecule is Cc1cc(NCC(C)CN2CCCCC2)cc([N+](=O)[O-])c1. The molecule has 0 spiro atoms. The van der Waals surface area contributed by atoms with Crippen LogP contribution in [0.4, 0.5) is 11.4 Å². The number of nitrogens with one attached hydrogen (secondary N) is 1. The highest BCUT2D eigenvalue weighted by Gasteiger charge is 2.14. The Morgan fingerprint density at radius 2 is 2.00 bits per heavy atom. The molecule has 0 saturated carbocycles. The van der Waals surface area contributed by atoms with E-state index in [0.29, 0.717) is 5.92 Å². The fraction of sp³-hybridized carbons (Fsp3) is 0.625. The summed E-state index contributed by atoms with van der Waals surface area (Å²) in [4.78, 5) is 13.1. The molecule has 1 unspecified atom stereocenters. The quantitative estimate of drug-likeness (QED) is 0.644. The smallest absolute Gasteiger partial charge is 0.271 e. The molecule has 1 aliphatic heterocycles. The van der Waals surface area contributed by atoms with E-state index in [-0.39, 0.29) is 10.6 Å². The molecule has 5 nitrogen and oxygen atoms in total. The van der Waals surface area contributed by atoms with E-state index < -0.39 is 0 Å². The van der Waals surface area contributed by atoms with E-state index in [0.717, 1.165) is 24.3 Å². The molecule has 1 aromatic rings. The Kier molecular flexibility index (Phi) is 5.56. The van der Waals surface area contributed by atoms with Crippen molar-refractivity contribution in [3.63, 3.8) is 0 Å². The van der Waals surface area contributed by atoms with E-state index in [2.05, 4.69) is 17.1 Å². The highest BCUT2D eigenvalue weighted by molar-refractivity contribution is 5.53. The summed E-state index contributed by atoms with van der Waals surface area (Å²) in [5.41, 5.74) is 1.91. The average Bonchev–Trinajstić information content (AvgIpc) is 2.45. The molecular formula is C16H25N3O2. The maximum Gasteiger partial charge on any atom is 0.271 e. The van der Waals surface area contributed by atoms with Crippen LogP contribution in [0, 0.1) is 23.0 Å². The molecule has 0 aliphatic carbocycles. The van der Waals surface area contributed by atoms with E-state index in [1.165, 1.54) is 32.4 Å². The lowest BCUT2D eigenvalue weighted by molar-refractivity contribution is -0.384. The predicted molar refractivity (Wildman–Crippen MR) is 85.8 cm³/mol. The Labute approximate surface area is 126 Å². The van der Waals surface area contributed by atoms with Gasteiger partial charge in [0.2, 0.25) is 0 Å². The van der Waals surface area contributed by atoms with Gasteiger partial charge in [0.15, 0.2) is 0 Å². The second kappa shape index (κ2) is 7.41. The Balaban J connectivity index is 1.85. The molecule has 0 aromatic heterocycles. The van der Waals surface area contributed by atoms with Gasteiger partial charge >= 0.3 is 0 Å². The summed E-state index contributed by atoms with van der Waals surface area (Å²) in [7, 11) is 0. The summed E-state index contributed by atoms with van der Waals surface area (Å²) in [6, 6.07) is 5.17. The summed E-state index contributed by atoms with van der Waals surface area (Å²) < 4.78 is 0. The van der Waals surface area contributed by atoms with Gasteiger partial charge in [0, 0.05) is 30.9 Å². The molecule has 5 heteroatoms. The summed E-state index contributed by atoms with van der Waals surface area (Å²) in [6.45, 7) is 8.47. The number of likely N-dealkylation sites (tertiary alicyclic amines) is 1. The number of piperidine rings is 1. The van der Waals surface area contributed by atoms with Crippen LogP contribution in [0.3, 0.4) is 0 Å². The number of aryl methyl sites for hydroxylation is 1. The molecular weight excluding hydrogens is 266 g/mol. The Morgan fingerprint density at radius 1 is 1.29 bits per heavy atom. The molecule has 0 bridgehead atoms. The molecule has 2 rings (SSSR count). The van der Waals surface area contributed by atoms with Gasteiger partial charge in [-0.05, 0) is 50.4 Å². The van der Waals surface area contributed by atoms with Gasteiger partial charge in [-0.2, -0.15) is 0 Å². The number of non-ortho nitro benzene ring substituents is 1. The van der Waals surface area contributed by atoms with Crippen molar-refractivity contribution in [2.24, 2.45) is 5.92 Å². The largest absolute Gasteiger partial charge is 0.385 e. The third-order valence-electron chi connectivity index (χ3n) is 3.95. The molecule has 1 aliphatic rings. The summed E-state index contributed by atoms with van der Waals surface area (Å²) in [5, 5.41) is 14.2. The number of anilines is 1. The number of hydrogen-bond acceptors (Lipinski definition) is 4. The number of nitro groups is 1. The lowest BCUT2D eigenvalue weighted by Crippen LogP contribution is -2.35. The molecule has 1 heterocycles. The fourth-order valence-electron chi connectivity index (χ4n) is 2.91. The van der Waals surface area contributed by atoms with Crippen molar-refractivity contribution in [2.75, 3.05) is 31.5 Å². The van der Waals surface area contributed by atoms with Crippen molar-refractivity contribution >= 4 is 11.4 Å². The highest BCUT2D eigenvalue weighted by Crippen LogP contribution is 2.21. The van der Waals surface area contributed by atoms with Gasteiger partial charge in [-0.1, -0.05) is 13.3 Å². The van der Waals surface area contributed by atoms with Gasteiger partial charge in [-0.25, -0.2) is 0 Å². The minimum Gasteiger partial charge on any atom is -0.385 e. The van der Waals surface area contributed by atoms with Gasteiger partial charge < -0.3 is 10.2 Å². The van der Waals surface area contributed by atoms with E-state index >= 15 is 0 Å². The highest BCUT2D eigenvalue weighted by atomic mass is 16.6. The number of benzene rings is 1. The first-order chi connectivity index (χ1) is 10.0. The zero-order chi connectivity index (χ0) is 15.2. The monoisotopic (exact) mass is 291 g/mol. The van der Waals surface area contributed by atoms with E-state index in [1.54, 1.807) is 12.1 Å². The summed E-state index contributed by atoms with van der Waals surface area (Å²) in [6.07, 6.45) is 3.98. The molecule has 0 radical (unpaired) electrons. The predicted octanol–water partition coefficient (Wildman–Crippen LogP) is 3.44. The molecule has 1 N–H and O–H groups in total. The molecule has 1 saturated heterocycles. The van der Waals surface area contributed by atoms with Gasteiger partial charge in [0.25, 0.3) is 5.69 Å². The van der Waals surface area contributed by atoms with Crippen LogP contribution in [-0.4, -0.2) is 36.0 Å². The number of hydrogen-bond donors (Lipinski definition) is 1. The third-order valence-corrected chi connectivity index (χ3v) is 3.95. The Bertz CT molecular complexity index is 484. The molecule has 1 fully saturated rings. The van der Waals surface area contributed by atoms with Crippen LogP contribution >= 0.6 is 0 Å². The number of nitro benzene ring substituents is 1. The molecule has 21 heavy (non-hydrogen) atoms. The first kappa shape index (κ1) is 15.8. The van der Waals surface area contributed by atoms with Crippen LogP contribution in [-0.2, 0) is 0 Å². The van der Waals surface area contributed by atoms with Crippen molar-refractivity contribution in [1.29, 1.82) is 0 Å². The molecule has 1 atom stereocenters. The maximum atomic E-state index is 10.9. The minimum absolute atomic E-state index is 0.154. The van der Waals surface area contributed by atoms with Crippen molar-refractivity contribution in [1.82, 2.24) is 4.90 Å². The van der Waals surface area contributed by atoms with E-state index in [1.807, 2.05) is 13.0 Å². The minimum atomic E-state index is -0.338. The maximum absolute atomic E-state index is 10.9. The molecule has 0 amide bonds. The van der Waals surface area contributed by atoms with Gasteiger partial charge in [0.05, 0.1) is 4.92 Å². The van der Waals surface area contributed by atoms with Crippen LogP contribution in [0.2, 0.25) is 0 Å². The fourth-order valence-corrected chi connectivity index (χ4v) is 2.91. The van der Waals surface area contributed by atoms with Gasteiger partial charge in [-0.15, -0.1) is 0 Å². The Morgan fingerprint density at radius 3 is 2.67 bits per heavy atom. The molecule has 116 valence electrons. The van der Waals surface area contributed by atoms with Crippen LogP contribution in [0.15, 0.2) is 18.2 Å². The number of rotatable bonds is 6. The normalized spacial score (nSPS) is 17.4. The first-order valence-electron chi connectivity index (χ1n) is 7.77. The number of nitrogens with zero attached hydrogens (tertiary/aromatic N) is 2. The second-order valence-electron chi connectivity index (χ2n) is 6.16. The third kappa shape index (κ3) is 5.01. The summed E-state index contributed by atoms with van der Waals surface area (Å²) in [5.74, 6) is 0.530. The average molecular weight is 291 g/mol. The van der Waals surface area contributed by atoms with Gasteiger partial charge in [0.1, 0.15) is 0 Å². The van der Waals surface area contributed by atoms with Crippen molar-refractivity contribution in [3.05, 3.63) is 33.9 Å². The van der Waals surface area contributed by atoms with Crippen LogP contribution in [0.5, 0.6) is 0 Å². The van der Waals surface area contributed by atoms with Crippen molar-refractivity contribution < 1.29 is 4.92 Å². The Hall–Kier alpha value is -1.62. The van der Waals surface area contributed by atoms with Gasteiger partial charge in [-0.3, -0.25) is 10.1 Å². The lowest BCUT2D eigenvalue weighted by atomic mass is 10.1. The zero-order valence-corrected chi connectivity index (χ0v) is 13.0. The topological polar surface area (TPSA) is 58.4 Å². The lowest BCUT2D eigenvalue weighted by Gasteiger charge is -2.29. The molecule has 1 aromatic carbocycles. The first-order valence-corrected chi connectivity index (χ1v) is 7.77. The summed E-state index contributed by atoms with van der Waals surface area (Å²) >= 11 is 0. The van der Waals surface area contributed by atoms with Crippen LogP contribution in [0.1, 0.15) is 31.7 Å². The van der Waals surface area contributed by atoms with E-state index in [4.69, 9.17) is 0 Å². The standard InChI is InChI=1S/C16H25N3O2/c1-13-8-15(10-16(9-13)19(20)21)17-11-14(2)12-18-6-4-3-5-7-18/h8-10,14,17H,3-7,11-12H2,1-2H3. The van der Waals surface area contributed by atoms with Crippen molar-refractivity contribution in [2.45, 2.75) is 33.1 Å². The second-order valence-corrected chi connectivity index (χ2v) is 6.16. The van der Waals surface area contributed by atoms with Crippen LogP contribution in [0.25, 0.3) is 0 Å². The van der Waals surface area contributed by atoms with Crippen LogP contribution < -0.4 is 5.32 Å². The zero-order valence-electron chi connectivity index (χ0n) is 13.0. The van der Waals surface area contributed by atoms with E-state index in [9.17, 15) is 10.1 Å². The van der Waals surface area contributed by atoms with Crippen molar-refractivity contribution in [3.8, 4) is 0 Å².